The van der Waals surface area contributed by atoms with Gasteiger partial charge in [-0.2, -0.15) is 4.52 Å². The van der Waals surface area contributed by atoms with E-state index < -0.39 is 17.3 Å². The topological polar surface area (TPSA) is 128 Å². The van der Waals surface area contributed by atoms with Crippen LogP contribution in [0.3, 0.4) is 0 Å². The lowest BCUT2D eigenvalue weighted by Gasteiger charge is -2.18. The van der Waals surface area contributed by atoms with Crippen LogP contribution in [-0.2, 0) is 12.1 Å². The molecule has 0 saturated carbocycles. The van der Waals surface area contributed by atoms with Crippen molar-refractivity contribution in [3.8, 4) is 5.75 Å². The summed E-state index contributed by atoms with van der Waals surface area (Å²) in [5.41, 5.74) is 6.35. The van der Waals surface area contributed by atoms with Crippen LogP contribution in [0.4, 0.5) is 10.3 Å². The van der Waals surface area contributed by atoms with Crippen molar-refractivity contribution in [2.45, 2.75) is 26.0 Å². The number of amides is 1. The number of methoxy groups -OCH3 is 1. The third-order valence-electron chi connectivity index (χ3n) is 4.92. The Labute approximate surface area is 187 Å². The van der Waals surface area contributed by atoms with Gasteiger partial charge in [-0.1, -0.05) is 17.7 Å². The van der Waals surface area contributed by atoms with Gasteiger partial charge in [0, 0.05) is 6.07 Å². The van der Waals surface area contributed by atoms with E-state index >= 15 is 0 Å². The van der Waals surface area contributed by atoms with E-state index in [0.717, 1.165) is 0 Å². The molecule has 2 aromatic carbocycles. The highest BCUT2D eigenvalue weighted by molar-refractivity contribution is 6.33. The predicted molar refractivity (Wildman–Crippen MR) is 117 cm³/mol. The number of fused-ring (bicyclic) bond motifs is 3. The van der Waals surface area contributed by atoms with Gasteiger partial charge < -0.3 is 20.9 Å². The third kappa shape index (κ3) is 3.90. The normalized spacial score (nSPS) is 11.8. The molecule has 2 heterocycles. The van der Waals surface area contributed by atoms with Crippen LogP contribution in [0.25, 0.3) is 16.6 Å². The van der Waals surface area contributed by atoms with E-state index in [0.29, 0.717) is 16.5 Å². The molecule has 11 heteroatoms. The van der Waals surface area contributed by atoms with Gasteiger partial charge >= 0.3 is 0 Å². The van der Waals surface area contributed by atoms with Gasteiger partial charge in [-0.15, -0.1) is 5.10 Å². The Kier molecular flexibility index (Phi) is 5.35. The van der Waals surface area contributed by atoms with E-state index in [4.69, 9.17) is 22.1 Å². The Hall–Kier alpha value is -3.50. The minimum atomic E-state index is -1.09. The van der Waals surface area contributed by atoms with Gasteiger partial charge in [-0.05, 0) is 37.6 Å². The zero-order valence-electron chi connectivity index (χ0n) is 17.5. The number of nitrogens with one attached hydrogen (secondary N) is 1. The van der Waals surface area contributed by atoms with Gasteiger partial charge in [0.15, 0.2) is 11.5 Å². The maximum absolute atomic E-state index is 14.0. The quantitative estimate of drug-likeness (QED) is 0.419. The van der Waals surface area contributed by atoms with Crippen molar-refractivity contribution < 1.29 is 19.0 Å². The molecule has 0 aliphatic rings. The van der Waals surface area contributed by atoms with Crippen molar-refractivity contribution in [1.29, 1.82) is 0 Å². The fourth-order valence-electron chi connectivity index (χ4n) is 3.28. The van der Waals surface area contributed by atoms with Crippen LogP contribution >= 0.6 is 11.6 Å². The molecule has 4 N–H and O–H groups in total. The summed E-state index contributed by atoms with van der Waals surface area (Å²) in [4.78, 5) is 21.2. The predicted octanol–water partition coefficient (Wildman–Crippen LogP) is 2.82. The number of aromatic nitrogens is 4. The second-order valence-electron chi connectivity index (χ2n) is 7.67. The van der Waals surface area contributed by atoms with Crippen LogP contribution in [0.15, 0.2) is 30.3 Å². The lowest BCUT2D eigenvalue weighted by molar-refractivity contribution is 0.0784. The number of anilines is 1. The summed E-state index contributed by atoms with van der Waals surface area (Å²) in [5, 5.41) is 17.6. The number of nitrogens with two attached hydrogens (primary N) is 1. The molecular formula is C21H20ClFN6O3. The summed E-state index contributed by atoms with van der Waals surface area (Å²) >= 11 is 6.23. The Bertz CT molecular complexity index is 1370. The van der Waals surface area contributed by atoms with E-state index in [1.165, 1.54) is 29.8 Å². The molecule has 0 atom stereocenters. The third-order valence-corrected chi connectivity index (χ3v) is 5.23. The number of carbonyl (C=O) groups excluding carboxylic acids is 1. The number of hydrogen-bond donors (Lipinski definition) is 3. The fourth-order valence-corrected chi connectivity index (χ4v) is 3.54. The summed E-state index contributed by atoms with van der Waals surface area (Å²) in [7, 11) is 1.40. The standard InChI is InChI=1S/C21H20ClFN6O3/c1-21(2,31)10-4-5-12(14(22)6-10)19(30)25-9-16-26-18-13-7-11(23)8-15(32-3)17(13)27-20(24)29(18)28-16/h4-8,31H,9H2,1-3H3,(H2,24,27)(H,25,30). The monoisotopic (exact) mass is 458 g/mol. The summed E-state index contributed by atoms with van der Waals surface area (Å²) in [6.45, 7) is 3.22. The average molecular weight is 459 g/mol. The molecule has 0 unspecified atom stereocenters. The maximum atomic E-state index is 14.0. The molecule has 0 fully saturated rings. The van der Waals surface area contributed by atoms with Crippen LogP contribution in [0.5, 0.6) is 5.75 Å². The van der Waals surface area contributed by atoms with E-state index in [2.05, 4.69) is 20.4 Å². The number of aliphatic hydroxyl groups is 1. The van der Waals surface area contributed by atoms with E-state index in [9.17, 15) is 14.3 Å². The summed E-state index contributed by atoms with van der Waals surface area (Å²) in [6, 6.07) is 7.17. The molecule has 1 amide bonds. The highest BCUT2D eigenvalue weighted by atomic mass is 35.5. The number of benzene rings is 2. The number of rotatable bonds is 5. The summed E-state index contributed by atoms with van der Waals surface area (Å²) in [5.74, 6) is -0.472. The molecule has 0 radical (unpaired) electrons. The van der Waals surface area contributed by atoms with Gasteiger partial charge in [0.1, 0.15) is 17.1 Å². The smallest absolute Gasteiger partial charge is 0.253 e. The van der Waals surface area contributed by atoms with Gasteiger partial charge in [-0.3, -0.25) is 4.79 Å². The first-order chi connectivity index (χ1) is 15.1. The highest BCUT2D eigenvalue weighted by Crippen LogP contribution is 2.29. The Morgan fingerprint density at radius 1 is 1.31 bits per heavy atom. The van der Waals surface area contributed by atoms with Crippen molar-refractivity contribution in [2.24, 2.45) is 0 Å². The Morgan fingerprint density at radius 2 is 2.06 bits per heavy atom. The van der Waals surface area contributed by atoms with Crippen molar-refractivity contribution in [2.75, 3.05) is 12.8 Å². The first-order valence-electron chi connectivity index (χ1n) is 9.57. The van der Waals surface area contributed by atoms with Crippen LogP contribution in [0.2, 0.25) is 5.02 Å². The molecule has 0 saturated heterocycles. The average Bonchev–Trinajstić information content (AvgIpc) is 3.17. The molecule has 9 nitrogen and oxygen atoms in total. The van der Waals surface area contributed by atoms with Crippen molar-refractivity contribution in [1.82, 2.24) is 24.9 Å². The van der Waals surface area contributed by atoms with Crippen molar-refractivity contribution in [3.63, 3.8) is 0 Å². The zero-order chi connectivity index (χ0) is 23.2. The molecule has 166 valence electrons. The fraction of sp³-hybridized carbons (Fsp3) is 0.238. The van der Waals surface area contributed by atoms with Gasteiger partial charge in [-0.25, -0.2) is 14.4 Å². The zero-order valence-corrected chi connectivity index (χ0v) is 18.2. The lowest BCUT2D eigenvalue weighted by atomic mass is 9.97. The number of hydrogen-bond acceptors (Lipinski definition) is 7. The van der Waals surface area contributed by atoms with Crippen LogP contribution in [0.1, 0.15) is 35.6 Å². The Balaban J connectivity index is 1.63. The SMILES string of the molecule is COc1cc(F)cc2c1nc(N)n1nc(CNC(=O)c3ccc(C(C)(C)O)cc3Cl)nc21. The van der Waals surface area contributed by atoms with Gasteiger partial charge in [0.2, 0.25) is 5.95 Å². The summed E-state index contributed by atoms with van der Waals surface area (Å²) in [6.07, 6.45) is 0. The molecule has 0 aliphatic carbocycles. The second-order valence-corrected chi connectivity index (χ2v) is 8.08. The van der Waals surface area contributed by atoms with E-state index in [1.807, 2.05) is 0 Å². The molecule has 32 heavy (non-hydrogen) atoms. The number of ether oxygens (including phenoxy) is 1. The molecule has 0 bridgehead atoms. The molecule has 4 rings (SSSR count). The summed E-state index contributed by atoms with van der Waals surface area (Å²) < 4.78 is 20.5. The van der Waals surface area contributed by atoms with Crippen LogP contribution in [0, 0.1) is 5.82 Å². The van der Waals surface area contributed by atoms with Gasteiger partial charge in [0.25, 0.3) is 5.91 Å². The molecule has 0 aliphatic heterocycles. The minimum absolute atomic E-state index is 0.0303. The Morgan fingerprint density at radius 3 is 2.72 bits per heavy atom. The van der Waals surface area contributed by atoms with Crippen LogP contribution in [-0.4, -0.2) is 37.7 Å². The minimum Gasteiger partial charge on any atom is -0.494 e. The van der Waals surface area contributed by atoms with Crippen molar-refractivity contribution >= 4 is 40.0 Å². The number of halogens is 2. The molecular weight excluding hydrogens is 439 g/mol. The molecule has 4 aromatic rings. The first kappa shape index (κ1) is 21.7. The van der Waals surface area contributed by atoms with Gasteiger partial charge in [0.05, 0.1) is 35.2 Å². The number of nitrogens with zero attached hydrogens (tertiary/aromatic N) is 4. The number of carbonyl (C=O) groups is 1. The lowest BCUT2D eigenvalue weighted by Crippen LogP contribution is -2.24. The largest absolute Gasteiger partial charge is 0.494 e. The number of nitrogen functional groups attached to an aromatic ring is 1. The highest BCUT2D eigenvalue weighted by Gasteiger charge is 2.20. The molecule has 0 spiro atoms. The maximum Gasteiger partial charge on any atom is 0.253 e. The van der Waals surface area contributed by atoms with E-state index in [1.54, 1.807) is 26.0 Å². The second kappa shape index (κ2) is 7.88. The van der Waals surface area contributed by atoms with Crippen LogP contribution < -0.4 is 15.8 Å². The molecule has 2 aromatic heterocycles. The van der Waals surface area contributed by atoms with E-state index in [-0.39, 0.29) is 40.3 Å². The van der Waals surface area contributed by atoms with Crippen molar-refractivity contribution in [3.05, 3.63) is 58.1 Å². The first-order valence-corrected chi connectivity index (χ1v) is 9.95.